The number of hydrogen-bond donors (Lipinski definition) is 0. The van der Waals surface area contributed by atoms with E-state index >= 15 is 0 Å². The lowest BCUT2D eigenvalue weighted by Gasteiger charge is -2.35. The monoisotopic (exact) mass is 903 g/mol. The molecule has 0 saturated heterocycles. The fourth-order valence-electron chi connectivity index (χ4n) is 12.8. The van der Waals surface area contributed by atoms with Gasteiger partial charge in [-0.05, 0) is 165 Å². The maximum atomic E-state index is 2.51. The molecule has 2 aliphatic carbocycles. The van der Waals surface area contributed by atoms with E-state index in [-0.39, 0.29) is 5.41 Å². The van der Waals surface area contributed by atoms with Crippen LogP contribution in [0, 0.1) is 0 Å². The Balaban J connectivity index is 0.955. The molecule has 0 aliphatic heterocycles. The van der Waals surface area contributed by atoms with Gasteiger partial charge < -0.3 is 4.90 Å². The lowest BCUT2D eigenvalue weighted by Crippen LogP contribution is -2.29. The zero-order chi connectivity index (χ0) is 47.3. The van der Waals surface area contributed by atoms with Crippen LogP contribution in [-0.4, -0.2) is 0 Å². The maximum Gasteiger partial charge on any atom is 0.0719 e. The van der Waals surface area contributed by atoms with Crippen molar-refractivity contribution in [3.05, 3.63) is 294 Å². The zero-order valence-corrected chi connectivity index (χ0v) is 39.8. The normalized spacial score (nSPS) is 13.7. The first-order chi connectivity index (χ1) is 35.0. The van der Waals surface area contributed by atoms with Crippen LogP contribution in [0.4, 0.5) is 17.1 Å². The molecule has 0 N–H and O–H groups in total. The van der Waals surface area contributed by atoms with Crippen molar-refractivity contribution in [1.29, 1.82) is 0 Å². The van der Waals surface area contributed by atoms with Crippen LogP contribution < -0.4 is 4.90 Å². The molecule has 71 heavy (non-hydrogen) atoms. The summed E-state index contributed by atoms with van der Waals surface area (Å²) in [6.45, 7) is 4.80. The predicted molar refractivity (Wildman–Crippen MR) is 299 cm³/mol. The van der Waals surface area contributed by atoms with Crippen LogP contribution in [0.1, 0.15) is 47.2 Å². The van der Waals surface area contributed by atoms with Crippen molar-refractivity contribution in [2.45, 2.75) is 24.7 Å². The predicted octanol–water partition coefficient (Wildman–Crippen LogP) is 18.6. The van der Waals surface area contributed by atoms with Gasteiger partial charge >= 0.3 is 0 Å². The van der Waals surface area contributed by atoms with Crippen molar-refractivity contribution in [1.82, 2.24) is 0 Å². The Morgan fingerprint density at radius 3 is 1.31 bits per heavy atom. The third-order valence-corrected chi connectivity index (χ3v) is 15.9. The fraction of sp³-hybridized carbons (Fsp3) is 0.0571. The highest BCUT2D eigenvalue weighted by molar-refractivity contribution is 6.24. The molecule has 2 aliphatic rings. The molecule has 14 rings (SSSR count). The molecule has 1 nitrogen and oxygen atoms in total. The van der Waals surface area contributed by atoms with Gasteiger partial charge in [0.1, 0.15) is 0 Å². The van der Waals surface area contributed by atoms with Crippen LogP contribution in [0.25, 0.3) is 76.8 Å². The third-order valence-electron chi connectivity index (χ3n) is 15.9. The number of anilines is 3. The number of benzene rings is 12. The summed E-state index contributed by atoms with van der Waals surface area (Å²) in [5.74, 6) is 0. The molecule has 0 bridgehead atoms. The molecule has 0 radical (unpaired) electrons. The van der Waals surface area contributed by atoms with Crippen LogP contribution in [-0.2, 0) is 10.8 Å². The van der Waals surface area contributed by atoms with Crippen LogP contribution in [0.15, 0.2) is 261 Å². The smallest absolute Gasteiger partial charge is 0.0719 e. The highest BCUT2D eigenvalue weighted by Gasteiger charge is 2.47. The second kappa shape index (κ2) is 15.9. The minimum Gasteiger partial charge on any atom is -0.310 e. The number of para-hydroxylation sites is 2. The van der Waals surface area contributed by atoms with Gasteiger partial charge in [0, 0.05) is 22.5 Å². The van der Waals surface area contributed by atoms with E-state index in [1.807, 2.05) is 0 Å². The van der Waals surface area contributed by atoms with E-state index < -0.39 is 5.41 Å². The fourth-order valence-corrected chi connectivity index (χ4v) is 12.8. The lowest BCUT2D eigenvalue weighted by atomic mass is 9.66. The second-order valence-corrected chi connectivity index (χ2v) is 19.9. The summed E-state index contributed by atoms with van der Waals surface area (Å²) in [6.07, 6.45) is 0. The van der Waals surface area contributed by atoms with Gasteiger partial charge in [0.15, 0.2) is 0 Å². The Bertz CT molecular complexity index is 3980. The van der Waals surface area contributed by atoms with E-state index in [9.17, 15) is 0 Å². The zero-order valence-electron chi connectivity index (χ0n) is 39.8. The molecular formula is C70H49N. The molecule has 0 heterocycles. The molecule has 0 spiro atoms. The van der Waals surface area contributed by atoms with Gasteiger partial charge in [-0.25, -0.2) is 0 Å². The van der Waals surface area contributed by atoms with Gasteiger partial charge in [0.2, 0.25) is 0 Å². The van der Waals surface area contributed by atoms with Crippen molar-refractivity contribution in [3.8, 4) is 44.5 Å². The van der Waals surface area contributed by atoms with Gasteiger partial charge in [-0.3, -0.25) is 0 Å². The summed E-state index contributed by atoms with van der Waals surface area (Å²) in [7, 11) is 0. The summed E-state index contributed by atoms with van der Waals surface area (Å²) >= 11 is 0. The SMILES string of the molecule is CC1(C)c2cc(-c3cc4c5ccccc5c(-c5cccc6c5C(c5ccccc5)(c5ccccc5)c5ccccc5-6)cc4c4ccccc34)ccc2-c2ccc(N(c3ccccc3)c3ccccc3)cc21. The number of hydrogen-bond acceptors (Lipinski definition) is 1. The van der Waals surface area contributed by atoms with E-state index in [1.165, 1.54) is 110 Å². The molecule has 0 atom stereocenters. The molecule has 334 valence electrons. The number of rotatable bonds is 7. The average molecular weight is 904 g/mol. The molecule has 1 heteroatoms. The van der Waals surface area contributed by atoms with E-state index in [0.717, 1.165) is 17.1 Å². The van der Waals surface area contributed by atoms with E-state index in [0.29, 0.717) is 0 Å². The standard InChI is InChI=1S/C70H49N/c1-69(2)66-42-46(38-40-57(66)58-41-39-51(43-67(58)69)71(49-26-11-5-12-27-49)50-28-13-6-14-29-50)61-44-63-55-33-18-17-32-54(55)62(45-64(63)53-31-16-15-30-52(53)61)60-36-21-35-59-56-34-19-20-37-65(56)70(68(59)60,47-22-7-3-8-23-47)48-24-9-4-10-25-48/h3-45H,1-2H3. The van der Waals surface area contributed by atoms with Crippen molar-refractivity contribution in [2.75, 3.05) is 4.90 Å². The summed E-state index contributed by atoms with van der Waals surface area (Å²) in [4.78, 5) is 2.37. The molecular weight excluding hydrogens is 855 g/mol. The van der Waals surface area contributed by atoms with Crippen LogP contribution in [0.3, 0.4) is 0 Å². The molecule has 12 aromatic carbocycles. The molecule has 0 fully saturated rings. The average Bonchev–Trinajstić information content (AvgIpc) is 3.87. The minimum atomic E-state index is -0.529. The van der Waals surface area contributed by atoms with E-state index in [1.54, 1.807) is 0 Å². The van der Waals surface area contributed by atoms with Crippen LogP contribution >= 0.6 is 0 Å². The summed E-state index contributed by atoms with van der Waals surface area (Å²) in [5, 5.41) is 7.55. The van der Waals surface area contributed by atoms with Crippen molar-refractivity contribution in [3.63, 3.8) is 0 Å². The van der Waals surface area contributed by atoms with Crippen LogP contribution in [0.2, 0.25) is 0 Å². The van der Waals surface area contributed by atoms with E-state index in [2.05, 4.69) is 280 Å². The highest BCUT2D eigenvalue weighted by Crippen LogP contribution is 2.60. The van der Waals surface area contributed by atoms with Gasteiger partial charge in [-0.1, -0.05) is 220 Å². The molecule has 0 unspecified atom stereocenters. The van der Waals surface area contributed by atoms with Gasteiger partial charge in [-0.2, -0.15) is 0 Å². The minimum absolute atomic E-state index is 0.228. The Morgan fingerprint density at radius 2 is 0.704 bits per heavy atom. The summed E-state index contributed by atoms with van der Waals surface area (Å²) in [6, 6.07) is 97.3. The van der Waals surface area contributed by atoms with Crippen LogP contribution in [0.5, 0.6) is 0 Å². The summed E-state index contributed by atoms with van der Waals surface area (Å²) in [5.41, 5.74) is 20.8. The highest BCUT2D eigenvalue weighted by atomic mass is 15.1. The van der Waals surface area contributed by atoms with Gasteiger partial charge in [0.05, 0.1) is 5.41 Å². The Hall–Kier alpha value is -8.78. The number of nitrogens with zero attached hydrogens (tertiary/aromatic N) is 1. The van der Waals surface area contributed by atoms with Crippen molar-refractivity contribution in [2.24, 2.45) is 0 Å². The van der Waals surface area contributed by atoms with Gasteiger partial charge in [-0.15, -0.1) is 0 Å². The van der Waals surface area contributed by atoms with Crippen molar-refractivity contribution >= 4 is 49.4 Å². The maximum absolute atomic E-state index is 2.51. The molecule has 0 amide bonds. The quantitative estimate of drug-likeness (QED) is 0.144. The number of fused-ring (bicyclic) bond motifs is 11. The molecule has 12 aromatic rings. The first-order valence-corrected chi connectivity index (χ1v) is 24.9. The van der Waals surface area contributed by atoms with Gasteiger partial charge in [0.25, 0.3) is 0 Å². The largest absolute Gasteiger partial charge is 0.310 e. The third kappa shape index (κ3) is 6.06. The molecule has 0 aromatic heterocycles. The first kappa shape index (κ1) is 41.2. The van der Waals surface area contributed by atoms with E-state index in [4.69, 9.17) is 0 Å². The Morgan fingerprint density at radius 1 is 0.268 bits per heavy atom. The summed E-state index contributed by atoms with van der Waals surface area (Å²) < 4.78 is 0. The Labute approximate surface area is 415 Å². The van der Waals surface area contributed by atoms with Crippen molar-refractivity contribution < 1.29 is 0 Å². The topological polar surface area (TPSA) is 3.24 Å². The first-order valence-electron chi connectivity index (χ1n) is 24.9. The second-order valence-electron chi connectivity index (χ2n) is 19.9. The molecule has 0 saturated carbocycles. The Kier molecular flexibility index (Phi) is 9.22. The lowest BCUT2D eigenvalue weighted by molar-refractivity contribution is 0.660.